The van der Waals surface area contributed by atoms with Gasteiger partial charge in [0.15, 0.2) is 5.96 Å². The van der Waals surface area contributed by atoms with Gasteiger partial charge in [-0.25, -0.2) is 4.99 Å². The molecule has 0 aromatic carbocycles. The highest BCUT2D eigenvalue weighted by Gasteiger charge is 2.11. The Kier molecular flexibility index (Phi) is 11.7. The highest BCUT2D eigenvalue weighted by molar-refractivity contribution is 5.79. The number of hydrogen-bond acceptors (Lipinski definition) is 5. The zero-order chi connectivity index (χ0) is 20.1. The van der Waals surface area contributed by atoms with Gasteiger partial charge in [-0.1, -0.05) is 0 Å². The van der Waals surface area contributed by atoms with E-state index in [0.29, 0.717) is 13.2 Å². The summed E-state index contributed by atoms with van der Waals surface area (Å²) in [5.74, 6) is 0.839. The van der Waals surface area contributed by atoms with Gasteiger partial charge in [-0.3, -0.25) is 4.68 Å². The second kappa shape index (κ2) is 13.5. The van der Waals surface area contributed by atoms with E-state index >= 15 is 0 Å². The van der Waals surface area contributed by atoms with E-state index in [0.717, 1.165) is 63.1 Å². The normalized spacial score (nSPS) is 12.0. The molecule has 0 aliphatic carbocycles. The van der Waals surface area contributed by atoms with Crippen LogP contribution in [0.2, 0.25) is 0 Å². The number of aromatic nitrogens is 2. The van der Waals surface area contributed by atoms with Gasteiger partial charge in [0.1, 0.15) is 0 Å². The first-order valence-electron chi connectivity index (χ1n) is 9.74. The molecule has 0 atom stereocenters. The minimum absolute atomic E-state index is 0.615. The van der Waals surface area contributed by atoms with Crippen molar-refractivity contribution in [2.45, 2.75) is 40.3 Å². The maximum atomic E-state index is 5.16. The Hall–Kier alpha value is -1.64. The largest absolute Gasteiger partial charge is 0.385 e. The van der Waals surface area contributed by atoms with E-state index in [1.807, 2.05) is 11.6 Å². The highest BCUT2D eigenvalue weighted by atomic mass is 16.5. The molecule has 0 fully saturated rings. The lowest BCUT2D eigenvalue weighted by atomic mass is 10.2. The van der Waals surface area contributed by atoms with Crippen molar-refractivity contribution in [3.8, 4) is 0 Å². The molecule has 0 spiro atoms. The van der Waals surface area contributed by atoms with Crippen LogP contribution >= 0.6 is 0 Å². The summed E-state index contributed by atoms with van der Waals surface area (Å²) < 4.78 is 12.3. The smallest absolute Gasteiger partial charge is 0.191 e. The monoisotopic (exact) mass is 382 g/mol. The molecule has 0 amide bonds. The van der Waals surface area contributed by atoms with Crippen LogP contribution in [-0.4, -0.2) is 81.3 Å². The van der Waals surface area contributed by atoms with E-state index in [2.05, 4.69) is 41.5 Å². The van der Waals surface area contributed by atoms with E-state index in [4.69, 9.17) is 14.5 Å². The first-order valence-corrected chi connectivity index (χ1v) is 9.74. The Morgan fingerprint density at radius 1 is 1.15 bits per heavy atom. The molecule has 0 saturated heterocycles. The van der Waals surface area contributed by atoms with Gasteiger partial charge < -0.3 is 25.0 Å². The topological polar surface area (TPSA) is 75.9 Å². The molecule has 156 valence electrons. The molecule has 1 heterocycles. The lowest BCUT2D eigenvalue weighted by Crippen LogP contribution is -2.41. The van der Waals surface area contributed by atoms with Crippen molar-refractivity contribution in [2.75, 3.05) is 60.7 Å². The van der Waals surface area contributed by atoms with Crippen LogP contribution in [0.25, 0.3) is 0 Å². The van der Waals surface area contributed by atoms with Gasteiger partial charge in [-0.05, 0) is 34.2 Å². The molecular weight excluding hydrogens is 344 g/mol. The van der Waals surface area contributed by atoms with E-state index in [1.165, 1.54) is 5.56 Å². The van der Waals surface area contributed by atoms with Crippen molar-refractivity contribution in [2.24, 2.45) is 4.99 Å². The summed E-state index contributed by atoms with van der Waals surface area (Å²) in [7, 11) is 5.58. The van der Waals surface area contributed by atoms with Crippen molar-refractivity contribution < 1.29 is 9.47 Å². The third-order valence-electron chi connectivity index (χ3n) is 4.45. The quantitative estimate of drug-likeness (QED) is 0.303. The first kappa shape index (κ1) is 23.4. The van der Waals surface area contributed by atoms with Gasteiger partial charge in [0.25, 0.3) is 0 Å². The van der Waals surface area contributed by atoms with Crippen LogP contribution in [-0.2, 0) is 22.6 Å². The number of methoxy groups -OCH3 is 2. The van der Waals surface area contributed by atoms with Crippen LogP contribution in [0.5, 0.6) is 0 Å². The average Bonchev–Trinajstić information content (AvgIpc) is 2.91. The molecule has 1 rings (SSSR count). The lowest BCUT2D eigenvalue weighted by molar-refractivity contribution is 0.180. The summed E-state index contributed by atoms with van der Waals surface area (Å²) in [6.45, 7) is 12.7. The van der Waals surface area contributed by atoms with Crippen molar-refractivity contribution in [1.82, 2.24) is 25.3 Å². The molecule has 27 heavy (non-hydrogen) atoms. The molecule has 8 heteroatoms. The van der Waals surface area contributed by atoms with Gasteiger partial charge in [0.05, 0.1) is 25.4 Å². The first-order chi connectivity index (χ1) is 13.0. The molecule has 0 aliphatic rings. The summed E-state index contributed by atoms with van der Waals surface area (Å²) in [5, 5.41) is 11.3. The van der Waals surface area contributed by atoms with Crippen LogP contribution in [0.15, 0.2) is 4.99 Å². The number of nitrogens with zero attached hydrogens (tertiary/aromatic N) is 4. The number of rotatable bonds is 13. The Morgan fingerprint density at radius 3 is 2.56 bits per heavy atom. The van der Waals surface area contributed by atoms with E-state index in [-0.39, 0.29) is 0 Å². The van der Waals surface area contributed by atoms with Gasteiger partial charge in [0.2, 0.25) is 0 Å². The standard InChI is InChI=1S/C19H38N6O2/c1-7-20-19(21-9-11-24(4)10-8-13-26-5)22-15-18-16(2)23-25(17(18)3)12-14-27-6/h7-15H2,1-6H3,(H2,20,21,22). The average molecular weight is 383 g/mol. The van der Waals surface area contributed by atoms with Gasteiger partial charge in [-0.2, -0.15) is 5.10 Å². The molecule has 0 bridgehead atoms. The fourth-order valence-corrected chi connectivity index (χ4v) is 2.81. The fourth-order valence-electron chi connectivity index (χ4n) is 2.81. The number of aryl methyl sites for hydroxylation is 1. The molecule has 0 radical (unpaired) electrons. The molecular formula is C19H38N6O2. The molecule has 0 aliphatic heterocycles. The number of aliphatic imine (C=N–C) groups is 1. The lowest BCUT2D eigenvalue weighted by Gasteiger charge is -2.18. The van der Waals surface area contributed by atoms with E-state index in [1.54, 1.807) is 14.2 Å². The number of likely N-dealkylation sites (N-methyl/N-ethyl adjacent to an activating group) is 1. The summed E-state index contributed by atoms with van der Waals surface area (Å²) >= 11 is 0. The Bertz CT molecular complexity index is 559. The molecule has 1 aromatic heterocycles. The van der Waals surface area contributed by atoms with E-state index in [9.17, 15) is 0 Å². The molecule has 0 saturated carbocycles. The zero-order valence-corrected chi connectivity index (χ0v) is 18.0. The van der Waals surface area contributed by atoms with Crippen molar-refractivity contribution in [3.63, 3.8) is 0 Å². The van der Waals surface area contributed by atoms with Crippen molar-refractivity contribution in [3.05, 3.63) is 17.0 Å². The summed E-state index contributed by atoms with van der Waals surface area (Å²) in [4.78, 5) is 7.04. The predicted molar refractivity (Wildman–Crippen MR) is 110 cm³/mol. The maximum Gasteiger partial charge on any atom is 0.191 e. The molecule has 2 N–H and O–H groups in total. The predicted octanol–water partition coefficient (Wildman–Crippen LogP) is 1.17. The van der Waals surface area contributed by atoms with Gasteiger partial charge >= 0.3 is 0 Å². The molecule has 0 unspecified atom stereocenters. The Morgan fingerprint density at radius 2 is 1.89 bits per heavy atom. The zero-order valence-electron chi connectivity index (χ0n) is 18.0. The number of nitrogens with one attached hydrogen (secondary N) is 2. The number of hydrogen-bond donors (Lipinski definition) is 2. The number of ether oxygens (including phenoxy) is 2. The summed E-state index contributed by atoms with van der Waals surface area (Å²) in [6.07, 6.45) is 1.05. The third kappa shape index (κ3) is 8.73. The van der Waals surface area contributed by atoms with Gasteiger partial charge in [0, 0.05) is 58.3 Å². The van der Waals surface area contributed by atoms with Crippen molar-refractivity contribution in [1.29, 1.82) is 0 Å². The van der Waals surface area contributed by atoms with Gasteiger partial charge in [-0.15, -0.1) is 0 Å². The fraction of sp³-hybridized carbons (Fsp3) is 0.789. The molecule has 8 nitrogen and oxygen atoms in total. The summed E-state index contributed by atoms with van der Waals surface area (Å²) in [5.41, 5.74) is 3.36. The second-order valence-corrected chi connectivity index (χ2v) is 6.64. The van der Waals surface area contributed by atoms with Crippen LogP contribution < -0.4 is 10.6 Å². The third-order valence-corrected chi connectivity index (χ3v) is 4.45. The Labute approximate surface area is 164 Å². The van der Waals surface area contributed by atoms with Crippen LogP contribution in [0.4, 0.5) is 0 Å². The SMILES string of the molecule is CCNC(=NCc1c(C)nn(CCOC)c1C)NCCN(C)CCCOC. The van der Waals surface area contributed by atoms with Crippen LogP contribution in [0.3, 0.4) is 0 Å². The van der Waals surface area contributed by atoms with Crippen molar-refractivity contribution >= 4 is 5.96 Å². The van der Waals surface area contributed by atoms with Crippen LogP contribution in [0.1, 0.15) is 30.3 Å². The summed E-state index contributed by atoms with van der Waals surface area (Å²) in [6, 6.07) is 0. The number of guanidine groups is 1. The second-order valence-electron chi connectivity index (χ2n) is 6.64. The Balaban J connectivity index is 2.57. The minimum atomic E-state index is 0.615. The molecule has 1 aromatic rings. The highest BCUT2D eigenvalue weighted by Crippen LogP contribution is 2.14. The van der Waals surface area contributed by atoms with Crippen LogP contribution in [0, 0.1) is 13.8 Å². The minimum Gasteiger partial charge on any atom is -0.385 e. The van der Waals surface area contributed by atoms with E-state index < -0.39 is 0 Å². The maximum absolute atomic E-state index is 5.16.